The molecule has 0 saturated carbocycles. The lowest BCUT2D eigenvalue weighted by Gasteiger charge is -2.12. The number of rotatable bonds is 8. The molecule has 2 N–H and O–H groups in total. The number of hydrogen-bond acceptors (Lipinski definition) is 5. The molecular weight excluding hydrogens is 430 g/mol. The summed E-state index contributed by atoms with van der Waals surface area (Å²) in [6.07, 6.45) is 0.489. The Hall–Kier alpha value is -4.39. The summed E-state index contributed by atoms with van der Waals surface area (Å²) in [5, 5.41) is 5.54. The molecule has 0 aliphatic rings. The highest BCUT2D eigenvalue weighted by molar-refractivity contribution is 5.95. The first-order valence-electron chi connectivity index (χ1n) is 10.9. The molecule has 0 bridgehead atoms. The quantitative estimate of drug-likeness (QED) is 0.363. The third-order valence-electron chi connectivity index (χ3n) is 5.11. The van der Waals surface area contributed by atoms with E-state index >= 15 is 0 Å². The van der Waals surface area contributed by atoms with Crippen LogP contribution in [0.2, 0.25) is 0 Å². The number of methoxy groups -OCH3 is 1. The summed E-state index contributed by atoms with van der Waals surface area (Å²) in [5.41, 5.74) is 3.65. The van der Waals surface area contributed by atoms with Gasteiger partial charge in [0.15, 0.2) is 11.7 Å². The number of oxazole rings is 1. The molecule has 0 unspecified atom stereocenters. The Bertz CT molecular complexity index is 1230. The van der Waals surface area contributed by atoms with Gasteiger partial charge in [0.1, 0.15) is 11.4 Å². The molecule has 0 radical (unpaired) electrons. The number of anilines is 2. The van der Waals surface area contributed by atoms with E-state index in [2.05, 4.69) is 10.6 Å². The van der Waals surface area contributed by atoms with Crippen molar-refractivity contribution in [3.05, 3.63) is 84.8 Å². The second kappa shape index (κ2) is 10.5. The van der Waals surface area contributed by atoms with Gasteiger partial charge in [-0.1, -0.05) is 60.7 Å². The van der Waals surface area contributed by atoms with Gasteiger partial charge in [0, 0.05) is 36.6 Å². The van der Waals surface area contributed by atoms with Crippen molar-refractivity contribution >= 4 is 23.2 Å². The van der Waals surface area contributed by atoms with Crippen molar-refractivity contribution in [3.63, 3.8) is 0 Å². The Morgan fingerprint density at radius 3 is 2.24 bits per heavy atom. The molecule has 0 aliphatic heterocycles. The number of nitrogens with one attached hydrogen (secondary N) is 2. The molecule has 0 aliphatic carbocycles. The zero-order valence-electron chi connectivity index (χ0n) is 19.0. The van der Waals surface area contributed by atoms with Crippen LogP contribution in [-0.2, 0) is 16.0 Å². The van der Waals surface area contributed by atoms with Crippen LogP contribution in [0.4, 0.5) is 11.4 Å². The van der Waals surface area contributed by atoms with E-state index < -0.39 is 0 Å². The van der Waals surface area contributed by atoms with Crippen molar-refractivity contribution in [1.29, 1.82) is 0 Å². The summed E-state index contributed by atoms with van der Waals surface area (Å²) in [4.78, 5) is 28.7. The maximum absolute atomic E-state index is 12.7. The predicted molar refractivity (Wildman–Crippen MR) is 132 cm³/mol. The lowest BCUT2D eigenvalue weighted by molar-refractivity contribution is -0.116. The van der Waals surface area contributed by atoms with Gasteiger partial charge in [-0.3, -0.25) is 9.59 Å². The zero-order valence-corrected chi connectivity index (χ0v) is 19.0. The standard InChI is InChI=1S/C27H25N3O4/c1-18(31)28-21-13-14-23(33-2)22(17-21)29-24(32)15-16-25-30-26(19-9-5-3-6-10-19)27(34-25)20-11-7-4-8-12-20/h3-14,17H,15-16H2,1-2H3,(H,28,31)(H,29,32). The number of aryl methyl sites for hydroxylation is 1. The number of amides is 2. The number of nitrogens with zero attached hydrogens (tertiary/aromatic N) is 1. The van der Waals surface area contributed by atoms with E-state index in [0.29, 0.717) is 35.2 Å². The Labute approximate surface area is 197 Å². The molecule has 2 amide bonds. The number of aromatic nitrogens is 1. The molecule has 0 fully saturated rings. The van der Waals surface area contributed by atoms with Crippen LogP contribution < -0.4 is 15.4 Å². The predicted octanol–water partition coefficient (Wildman–Crippen LogP) is 5.55. The number of carbonyl (C=O) groups is 2. The number of benzene rings is 3. The van der Waals surface area contributed by atoms with Crippen molar-refractivity contribution in [3.8, 4) is 28.3 Å². The van der Waals surface area contributed by atoms with Gasteiger partial charge >= 0.3 is 0 Å². The van der Waals surface area contributed by atoms with Gasteiger partial charge in [-0.25, -0.2) is 4.98 Å². The van der Waals surface area contributed by atoms with E-state index in [0.717, 1.165) is 16.8 Å². The monoisotopic (exact) mass is 455 g/mol. The SMILES string of the molecule is COc1ccc(NC(C)=O)cc1NC(=O)CCc1nc(-c2ccccc2)c(-c2ccccc2)o1. The van der Waals surface area contributed by atoms with E-state index in [1.54, 1.807) is 18.2 Å². The summed E-state index contributed by atoms with van der Waals surface area (Å²) >= 11 is 0. The molecule has 172 valence electrons. The molecule has 0 saturated heterocycles. The Morgan fingerprint density at radius 2 is 1.59 bits per heavy atom. The van der Waals surface area contributed by atoms with Crippen LogP contribution in [0.25, 0.3) is 22.6 Å². The van der Waals surface area contributed by atoms with Crippen LogP contribution in [0.15, 0.2) is 83.3 Å². The van der Waals surface area contributed by atoms with E-state index in [1.165, 1.54) is 14.0 Å². The third-order valence-corrected chi connectivity index (χ3v) is 5.11. The molecule has 3 aromatic carbocycles. The maximum Gasteiger partial charge on any atom is 0.224 e. The number of ether oxygens (including phenoxy) is 1. The fourth-order valence-corrected chi connectivity index (χ4v) is 3.57. The second-order valence-corrected chi connectivity index (χ2v) is 7.66. The van der Waals surface area contributed by atoms with E-state index in [9.17, 15) is 9.59 Å². The minimum absolute atomic E-state index is 0.163. The fourth-order valence-electron chi connectivity index (χ4n) is 3.57. The number of carbonyl (C=O) groups excluding carboxylic acids is 2. The summed E-state index contributed by atoms with van der Waals surface area (Å²) in [5.74, 6) is 1.23. The smallest absolute Gasteiger partial charge is 0.224 e. The highest BCUT2D eigenvalue weighted by Gasteiger charge is 2.18. The van der Waals surface area contributed by atoms with Gasteiger partial charge in [0.25, 0.3) is 0 Å². The van der Waals surface area contributed by atoms with E-state index in [4.69, 9.17) is 14.1 Å². The molecule has 0 atom stereocenters. The zero-order chi connectivity index (χ0) is 23.9. The molecular formula is C27H25N3O4. The summed E-state index contributed by atoms with van der Waals surface area (Å²) in [6, 6.07) is 24.7. The minimum atomic E-state index is -0.223. The number of hydrogen-bond donors (Lipinski definition) is 2. The van der Waals surface area contributed by atoms with Crippen molar-refractivity contribution in [1.82, 2.24) is 4.98 Å². The third kappa shape index (κ3) is 5.50. The normalized spacial score (nSPS) is 10.5. The van der Waals surface area contributed by atoms with Crippen molar-refractivity contribution in [2.45, 2.75) is 19.8 Å². The van der Waals surface area contributed by atoms with Gasteiger partial charge in [-0.05, 0) is 18.2 Å². The van der Waals surface area contributed by atoms with Crippen molar-refractivity contribution in [2.75, 3.05) is 17.7 Å². The highest BCUT2D eigenvalue weighted by Crippen LogP contribution is 2.33. The molecule has 0 spiro atoms. The average molecular weight is 456 g/mol. The van der Waals surface area contributed by atoms with Crippen LogP contribution in [-0.4, -0.2) is 23.9 Å². The summed E-state index contributed by atoms with van der Waals surface area (Å²) in [7, 11) is 1.52. The molecule has 7 nitrogen and oxygen atoms in total. The largest absolute Gasteiger partial charge is 0.495 e. The van der Waals surface area contributed by atoms with Gasteiger partial charge < -0.3 is 19.8 Å². The first-order valence-corrected chi connectivity index (χ1v) is 10.9. The molecule has 7 heteroatoms. The molecule has 4 rings (SSSR count). The van der Waals surface area contributed by atoms with Crippen LogP contribution in [0.3, 0.4) is 0 Å². The molecule has 1 heterocycles. The van der Waals surface area contributed by atoms with Gasteiger partial charge in [0.05, 0.1) is 12.8 Å². The van der Waals surface area contributed by atoms with Crippen LogP contribution in [0.1, 0.15) is 19.2 Å². The van der Waals surface area contributed by atoms with E-state index in [-0.39, 0.29) is 18.2 Å². The minimum Gasteiger partial charge on any atom is -0.495 e. The Balaban J connectivity index is 1.51. The molecule has 34 heavy (non-hydrogen) atoms. The summed E-state index contributed by atoms with van der Waals surface area (Å²) in [6.45, 7) is 1.42. The van der Waals surface area contributed by atoms with E-state index in [1.807, 2.05) is 60.7 Å². The summed E-state index contributed by atoms with van der Waals surface area (Å²) < 4.78 is 11.4. The lowest BCUT2D eigenvalue weighted by Crippen LogP contribution is -2.14. The van der Waals surface area contributed by atoms with Crippen LogP contribution >= 0.6 is 0 Å². The molecule has 4 aromatic rings. The van der Waals surface area contributed by atoms with Crippen LogP contribution in [0.5, 0.6) is 5.75 Å². The molecule has 1 aromatic heterocycles. The Morgan fingerprint density at radius 1 is 0.912 bits per heavy atom. The second-order valence-electron chi connectivity index (χ2n) is 7.66. The van der Waals surface area contributed by atoms with Gasteiger partial charge in [-0.15, -0.1) is 0 Å². The lowest BCUT2D eigenvalue weighted by atomic mass is 10.1. The van der Waals surface area contributed by atoms with Crippen molar-refractivity contribution < 1.29 is 18.7 Å². The average Bonchev–Trinajstić information content (AvgIpc) is 3.28. The maximum atomic E-state index is 12.7. The van der Waals surface area contributed by atoms with Gasteiger partial charge in [-0.2, -0.15) is 0 Å². The topological polar surface area (TPSA) is 93.5 Å². The fraction of sp³-hybridized carbons (Fsp3) is 0.148. The van der Waals surface area contributed by atoms with Gasteiger partial charge in [0.2, 0.25) is 11.8 Å². The highest BCUT2D eigenvalue weighted by atomic mass is 16.5. The first-order chi connectivity index (χ1) is 16.5. The first kappa shape index (κ1) is 22.8. The van der Waals surface area contributed by atoms with Crippen LogP contribution in [0, 0.1) is 0 Å². The Kier molecular flexibility index (Phi) is 7.03. The van der Waals surface area contributed by atoms with Crippen molar-refractivity contribution in [2.24, 2.45) is 0 Å².